The fourth-order valence-corrected chi connectivity index (χ4v) is 1.74. The number of rotatable bonds is 3. The minimum Gasteiger partial charge on any atom is -0.463 e. The number of aryl methyl sites for hydroxylation is 1. The molecule has 1 amide bonds. The number of aromatic amines is 1. The van der Waals surface area contributed by atoms with Crippen LogP contribution in [0.25, 0.3) is 11.5 Å². The van der Waals surface area contributed by atoms with E-state index in [0.29, 0.717) is 17.2 Å². The Hall–Kier alpha value is -3.16. The fourth-order valence-electron chi connectivity index (χ4n) is 1.74. The summed E-state index contributed by atoms with van der Waals surface area (Å²) in [7, 11) is 0. The minimum absolute atomic E-state index is 0.0502. The Morgan fingerprint density at radius 3 is 2.90 bits per heavy atom. The number of aromatic nitrogens is 3. The van der Waals surface area contributed by atoms with Gasteiger partial charge < -0.3 is 19.2 Å². The summed E-state index contributed by atoms with van der Waals surface area (Å²) in [5.41, 5.74) is -0.335. The SMILES string of the molecule is Cc1cc(NC(=O)c2cc(-c3ccco3)[nH]c(=O)n2)no1. The summed E-state index contributed by atoms with van der Waals surface area (Å²) in [5, 5.41) is 6.13. The van der Waals surface area contributed by atoms with Crippen LogP contribution in [-0.4, -0.2) is 21.0 Å². The lowest BCUT2D eigenvalue weighted by Crippen LogP contribution is -2.21. The monoisotopic (exact) mass is 286 g/mol. The number of anilines is 1. The van der Waals surface area contributed by atoms with E-state index in [0.717, 1.165) is 0 Å². The van der Waals surface area contributed by atoms with Gasteiger partial charge in [0.25, 0.3) is 5.91 Å². The molecule has 21 heavy (non-hydrogen) atoms. The van der Waals surface area contributed by atoms with Crippen LogP contribution in [0.1, 0.15) is 16.2 Å². The molecule has 0 unspecified atom stereocenters. The maximum Gasteiger partial charge on any atom is 0.346 e. The Balaban J connectivity index is 1.91. The van der Waals surface area contributed by atoms with Crippen molar-refractivity contribution in [3.63, 3.8) is 0 Å². The lowest BCUT2D eigenvalue weighted by molar-refractivity contribution is 0.102. The highest BCUT2D eigenvalue weighted by Gasteiger charge is 2.14. The molecule has 106 valence electrons. The Morgan fingerprint density at radius 1 is 1.38 bits per heavy atom. The maximum atomic E-state index is 12.1. The van der Waals surface area contributed by atoms with E-state index in [2.05, 4.69) is 20.4 Å². The molecule has 0 saturated heterocycles. The molecule has 3 aromatic rings. The molecule has 0 aliphatic carbocycles. The van der Waals surface area contributed by atoms with Gasteiger partial charge in [-0.1, -0.05) is 5.16 Å². The van der Waals surface area contributed by atoms with Gasteiger partial charge in [-0.25, -0.2) is 4.79 Å². The smallest absolute Gasteiger partial charge is 0.346 e. The molecule has 0 bridgehead atoms. The van der Waals surface area contributed by atoms with Gasteiger partial charge in [0.05, 0.1) is 12.0 Å². The van der Waals surface area contributed by atoms with Crippen LogP contribution >= 0.6 is 0 Å². The predicted octanol–water partition coefficient (Wildman–Crippen LogP) is 1.58. The first-order chi connectivity index (χ1) is 10.1. The average Bonchev–Trinajstić information content (AvgIpc) is 3.10. The van der Waals surface area contributed by atoms with Crippen LogP contribution in [0.2, 0.25) is 0 Å². The minimum atomic E-state index is -0.648. The maximum absolute atomic E-state index is 12.1. The van der Waals surface area contributed by atoms with E-state index < -0.39 is 11.6 Å². The highest BCUT2D eigenvalue weighted by molar-refractivity contribution is 6.02. The molecule has 8 nitrogen and oxygen atoms in total. The van der Waals surface area contributed by atoms with Crippen molar-refractivity contribution in [1.82, 2.24) is 15.1 Å². The van der Waals surface area contributed by atoms with Gasteiger partial charge in [-0.2, -0.15) is 4.98 Å². The van der Waals surface area contributed by atoms with Crippen molar-refractivity contribution in [1.29, 1.82) is 0 Å². The Morgan fingerprint density at radius 2 is 2.24 bits per heavy atom. The van der Waals surface area contributed by atoms with Gasteiger partial charge in [0.1, 0.15) is 17.2 Å². The van der Waals surface area contributed by atoms with Crippen LogP contribution < -0.4 is 11.0 Å². The zero-order valence-electron chi connectivity index (χ0n) is 10.9. The van der Waals surface area contributed by atoms with Gasteiger partial charge in [-0.3, -0.25) is 4.79 Å². The summed E-state index contributed by atoms with van der Waals surface area (Å²) in [5.74, 6) is 0.669. The first-order valence-electron chi connectivity index (χ1n) is 6.02. The number of nitrogens with zero attached hydrogens (tertiary/aromatic N) is 2. The summed E-state index contributed by atoms with van der Waals surface area (Å²) >= 11 is 0. The van der Waals surface area contributed by atoms with E-state index in [4.69, 9.17) is 8.94 Å². The normalized spacial score (nSPS) is 10.5. The lowest BCUT2D eigenvalue weighted by Gasteiger charge is -2.02. The van der Waals surface area contributed by atoms with Gasteiger partial charge in [0.15, 0.2) is 5.82 Å². The van der Waals surface area contributed by atoms with Crippen molar-refractivity contribution in [2.75, 3.05) is 5.32 Å². The molecule has 0 radical (unpaired) electrons. The van der Waals surface area contributed by atoms with Gasteiger partial charge in [-0.15, -0.1) is 0 Å². The van der Waals surface area contributed by atoms with Gasteiger partial charge in [0.2, 0.25) is 0 Å². The molecule has 2 N–H and O–H groups in total. The van der Waals surface area contributed by atoms with Gasteiger partial charge in [0, 0.05) is 6.07 Å². The number of hydrogen-bond donors (Lipinski definition) is 2. The van der Waals surface area contributed by atoms with Crippen molar-refractivity contribution < 1.29 is 13.7 Å². The van der Waals surface area contributed by atoms with Crippen LogP contribution in [0.4, 0.5) is 5.82 Å². The quantitative estimate of drug-likeness (QED) is 0.755. The summed E-state index contributed by atoms with van der Waals surface area (Å²) in [4.78, 5) is 29.7. The molecular weight excluding hydrogens is 276 g/mol. The first kappa shape index (κ1) is 12.9. The Kier molecular flexibility index (Phi) is 3.11. The number of H-pyrrole nitrogens is 1. The van der Waals surface area contributed by atoms with E-state index in [1.165, 1.54) is 12.3 Å². The summed E-state index contributed by atoms with van der Waals surface area (Å²) in [6, 6.07) is 6.31. The summed E-state index contributed by atoms with van der Waals surface area (Å²) in [6.07, 6.45) is 1.46. The second kappa shape index (κ2) is 5.08. The van der Waals surface area contributed by atoms with E-state index in [1.807, 2.05) is 0 Å². The molecule has 3 aromatic heterocycles. The predicted molar refractivity (Wildman–Crippen MR) is 71.8 cm³/mol. The molecule has 0 aliphatic rings. The lowest BCUT2D eigenvalue weighted by atomic mass is 10.2. The van der Waals surface area contributed by atoms with Crippen molar-refractivity contribution in [2.45, 2.75) is 6.92 Å². The number of furan rings is 1. The third-order valence-electron chi connectivity index (χ3n) is 2.63. The second-order valence-electron chi connectivity index (χ2n) is 4.24. The largest absolute Gasteiger partial charge is 0.463 e. The molecule has 0 atom stereocenters. The summed E-state index contributed by atoms with van der Waals surface area (Å²) in [6.45, 7) is 1.70. The third-order valence-corrected chi connectivity index (χ3v) is 2.63. The molecular formula is C13H10N4O4. The van der Waals surface area contributed by atoms with Crippen LogP contribution in [0.5, 0.6) is 0 Å². The third kappa shape index (κ3) is 2.73. The van der Waals surface area contributed by atoms with E-state index in [-0.39, 0.29) is 11.5 Å². The number of carbonyl (C=O) groups is 1. The molecule has 0 spiro atoms. The topological polar surface area (TPSA) is 114 Å². The van der Waals surface area contributed by atoms with E-state index >= 15 is 0 Å². The first-order valence-corrected chi connectivity index (χ1v) is 6.02. The number of carbonyl (C=O) groups excluding carboxylic acids is 1. The number of hydrogen-bond acceptors (Lipinski definition) is 6. The average molecular weight is 286 g/mol. The zero-order valence-corrected chi connectivity index (χ0v) is 10.9. The van der Waals surface area contributed by atoms with Gasteiger partial charge in [-0.05, 0) is 25.1 Å². The standard InChI is InChI=1S/C13H10N4O4/c1-7-5-11(17-21-7)16-12(18)9-6-8(14-13(19)15-9)10-3-2-4-20-10/h2-6H,1H3,(H,14,15,19)(H,16,17,18). The second-order valence-corrected chi connectivity index (χ2v) is 4.24. The van der Waals surface area contributed by atoms with E-state index in [9.17, 15) is 9.59 Å². The zero-order chi connectivity index (χ0) is 14.8. The fraction of sp³-hybridized carbons (Fsp3) is 0.0769. The van der Waals surface area contributed by atoms with Crippen LogP contribution in [0, 0.1) is 6.92 Å². The van der Waals surface area contributed by atoms with Crippen LogP contribution in [0.15, 0.2) is 44.3 Å². The number of amides is 1. The number of nitrogens with one attached hydrogen (secondary N) is 2. The Labute approximate surface area is 117 Å². The van der Waals surface area contributed by atoms with Crippen molar-refractivity contribution in [3.8, 4) is 11.5 Å². The highest BCUT2D eigenvalue weighted by Crippen LogP contribution is 2.16. The molecule has 3 heterocycles. The summed E-state index contributed by atoms with van der Waals surface area (Å²) < 4.78 is 10.0. The van der Waals surface area contributed by atoms with Crippen molar-refractivity contribution >= 4 is 11.7 Å². The molecule has 3 rings (SSSR count). The molecule has 0 aliphatic heterocycles. The molecule has 0 aromatic carbocycles. The Bertz CT molecular complexity index is 832. The van der Waals surface area contributed by atoms with Crippen LogP contribution in [-0.2, 0) is 0 Å². The molecule has 0 fully saturated rings. The van der Waals surface area contributed by atoms with Crippen molar-refractivity contribution in [2.24, 2.45) is 0 Å². The molecule has 0 saturated carbocycles. The van der Waals surface area contributed by atoms with Crippen molar-refractivity contribution in [3.05, 3.63) is 52.5 Å². The molecule has 8 heteroatoms. The van der Waals surface area contributed by atoms with E-state index in [1.54, 1.807) is 25.1 Å². The van der Waals surface area contributed by atoms with Gasteiger partial charge >= 0.3 is 5.69 Å². The van der Waals surface area contributed by atoms with Crippen LogP contribution in [0.3, 0.4) is 0 Å². The highest BCUT2D eigenvalue weighted by atomic mass is 16.5.